The fraction of sp³-hybridized carbons (Fsp3) is 0.857. The lowest BCUT2D eigenvalue weighted by Gasteiger charge is -2.38. The summed E-state index contributed by atoms with van der Waals surface area (Å²) in [5, 5.41) is 27.7. The molecule has 0 aliphatic carbocycles. The molecule has 0 bridgehead atoms. The van der Waals surface area contributed by atoms with Crippen molar-refractivity contribution in [3.8, 4) is 0 Å². The van der Waals surface area contributed by atoms with Gasteiger partial charge in [0.05, 0.1) is 13.2 Å². The molecule has 1 heterocycles. The highest BCUT2D eigenvalue weighted by molar-refractivity contribution is 4.86. The number of hydrogen-bond acceptors (Lipinski definition) is 5. The van der Waals surface area contributed by atoms with Crippen LogP contribution in [0, 0.1) is 7.11 Å². The molecule has 5 nitrogen and oxygen atoms in total. The van der Waals surface area contributed by atoms with E-state index in [1.54, 1.807) is 6.92 Å². The number of hydrogen-bond donors (Lipinski definition) is 3. The SMILES string of the molecule is [CH2]O[C@@H]1O[C@H](C)[C@@H](O)[C@H](O)[C@H]1O. The molecule has 71 valence electrons. The quantitative estimate of drug-likeness (QED) is 0.460. The molecule has 0 aromatic rings. The van der Waals surface area contributed by atoms with Crippen LogP contribution in [0.25, 0.3) is 0 Å². The first-order valence-corrected chi connectivity index (χ1v) is 3.68. The van der Waals surface area contributed by atoms with Gasteiger partial charge in [0.2, 0.25) is 0 Å². The van der Waals surface area contributed by atoms with Crippen molar-refractivity contribution in [3.05, 3.63) is 7.11 Å². The Labute approximate surface area is 70.5 Å². The normalized spacial score (nSPS) is 49.2. The molecule has 3 N–H and O–H groups in total. The maximum absolute atomic E-state index is 9.23. The zero-order valence-corrected chi connectivity index (χ0v) is 6.75. The number of rotatable bonds is 1. The van der Waals surface area contributed by atoms with Crippen molar-refractivity contribution in [2.75, 3.05) is 0 Å². The van der Waals surface area contributed by atoms with E-state index in [4.69, 9.17) is 4.74 Å². The van der Waals surface area contributed by atoms with Gasteiger partial charge in [0.25, 0.3) is 0 Å². The van der Waals surface area contributed by atoms with Gasteiger partial charge in [-0.3, -0.25) is 0 Å². The van der Waals surface area contributed by atoms with E-state index in [1.165, 1.54) is 0 Å². The van der Waals surface area contributed by atoms with Crippen LogP contribution in [-0.4, -0.2) is 46.0 Å². The maximum Gasteiger partial charge on any atom is 0.186 e. The second-order valence-corrected chi connectivity index (χ2v) is 2.85. The van der Waals surface area contributed by atoms with E-state index >= 15 is 0 Å². The largest absolute Gasteiger partial charge is 0.388 e. The van der Waals surface area contributed by atoms with Crippen LogP contribution >= 0.6 is 0 Å². The second-order valence-electron chi connectivity index (χ2n) is 2.85. The minimum absolute atomic E-state index is 0.574. The Morgan fingerprint density at radius 3 is 2.25 bits per heavy atom. The molecule has 1 fully saturated rings. The Morgan fingerprint density at radius 2 is 1.75 bits per heavy atom. The summed E-state index contributed by atoms with van der Waals surface area (Å²) in [5.41, 5.74) is 0. The standard InChI is InChI=1S/C7H13O5/c1-3-4(8)5(9)6(10)7(11-2)12-3/h3-10H,2H2,1H3/t3-,4-,5+,6-,7-/m1/s1. The van der Waals surface area contributed by atoms with E-state index in [0.717, 1.165) is 0 Å². The van der Waals surface area contributed by atoms with Crippen LogP contribution in [0.2, 0.25) is 0 Å². The van der Waals surface area contributed by atoms with Crippen molar-refractivity contribution in [2.24, 2.45) is 0 Å². The topological polar surface area (TPSA) is 79.2 Å². The Bertz CT molecular complexity index is 146. The maximum atomic E-state index is 9.23. The molecule has 12 heavy (non-hydrogen) atoms. The van der Waals surface area contributed by atoms with E-state index in [-0.39, 0.29) is 0 Å². The average Bonchev–Trinajstić information content (AvgIpc) is 2.08. The Morgan fingerprint density at radius 1 is 1.17 bits per heavy atom. The first kappa shape index (κ1) is 9.88. The molecule has 0 unspecified atom stereocenters. The van der Waals surface area contributed by atoms with Crippen LogP contribution in [0.1, 0.15) is 6.92 Å². The number of ether oxygens (including phenoxy) is 2. The molecular formula is C7H13O5. The van der Waals surface area contributed by atoms with Gasteiger partial charge >= 0.3 is 0 Å². The third-order valence-electron chi connectivity index (χ3n) is 1.97. The molecule has 0 aromatic heterocycles. The first-order chi connectivity index (χ1) is 5.57. The lowest BCUT2D eigenvalue weighted by molar-refractivity contribution is -0.280. The van der Waals surface area contributed by atoms with Gasteiger partial charge in [0.15, 0.2) is 6.29 Å². The third kappa shape index (κ3) is 1.60. The van der Waals surface area contributed by atoms with E-state index in [2.05, 4.69) is 11.8 Å². The summed E-state index contributed by atoms with van der Waals surface area (Å²) in [6.45, 7) is 1.58. The van der Waals surface area contributed by atoms with Crippen molar-refractivity contribution in [1.29, 1.82) is 0 Å². The fourth-order valence-corrected chi connectivity index (χ4v) is 1.15. The van der Waals surface area contributed by atoms with Crippen LogP contribution in [0.3, 0.4) is 0 Å². The van der Waals surface area contributed by atoms with Crippen LogP contribution in [0.4, 0.5) is 0 Å². The van der Waals surface area contributed by atoms with Crippen LogP contribution < -0.4 is 0 Å². The highest BCUT2D eigenvalue weighted by atomic mass is 16.7. The van der Waals surface area contributed by atoms with E-state index in [0.29, 0.717) is 0 Å². The Kier molecular flexibility index (Phi) is 3.03. The second kappa shape index (κ2) is 3.68. The molecule has 0 saturated carbocycles. The van der Waals surface area contributed by atoms with Gasteiger partial charge in [-0.2, -0.15) is 0 Å². The molecule has 1 saturated heterocycles. The van der Waals surface area contributed by atoms with E-state index in [1.807, 2.05) is 0 Å². The predicted octanol–water partition coefficient (Wildman–Crippen LogP) is -1.38. The summed E-state index contributed by atoms with van der Waals surface area (Å²) in [5.74, 6) is 0. The first-order valence-electron chi connectivity index (χ1n) is 3.68. The van der Waals surface area contributed by atoms with Crippen molar-refractivity contribution in [1.82, 2.24) is 0 Å². The van der Waals surface area contributed by atoms with Crippen molar-refractivity contribution in [2.45, 2.75) is 37.6 Å². The average molecular weight is 177 g/mol. The molecule has 0 spiro atoms. The van der Waals surface area contributed by atoms with Crippen molar-refractivity contribution >= 4 is 0 Å². The third-order valence-corrected chi connectivity index (χ3v) is 1.97. The van der Waals surface area contributed by atoms with Gasteiger partial charge in [-0.05, 0) is 6.92 Å². The summed E-state index contributed by atoms with van der Waals surface area (Å²) in [4.78, 5) is 0. The monoisotopic (exact) mass is 177 g/mol. The summed E-state index contributed by atoms with van der Waals surface area (Å²) < 4.78 is 9.48. The van der Waals surface area contributed by atoms with Gasteiger partial charge in [0, 0.05) is 0 Å². The summed E-state index contributed by atoms with van der Waals surface area (Å²) in [6, 6.07) is 0. The zero-order valence-electron chi connectivity index (χ0n) is 6.75. The van der Waals surface area contributed by atoms with Crippen LogP contribution in [-0.2, 0) is 9.47 Å². The van der Waals surface area contributed by atoms with Crippen LogP contribution in [0.5, 0.6) is 0 Å². The van der Waals surface area contributed by atoms with E-state index < -0.39 is 30.7 Å². The molecule has 5 atom stereocenters. The molecule has 1 rings (SSSR count). The molecule has 0 aromatic carbocycles. The van der Waals surface area contributed by atoms with Gasteiger partial charge in [-0.25, -0.2) is 0 Å². The molecule has 1 radical (unpaired) electrons. The molecular weight excluding hydrogens is 164 g/mol. The van der Waals surface area contributed by atoms with Crippen LogP contribution in [0.15, 0.2) is 0 Å². The number of aliphatic hydroxyl groups excluding tert-OH is 3. The highest BCUT2D eigenvalue weighted by Crippen LogP contribution is 2.21. The molecule has 1 aliphatic heterocycles. The summed E-state index contributed by atoms with van der Waals surface area (Å²) in [7, 11) is 3.08. The summed E-state index contributed by atoms with van der Waals surface area (Å²) in [6.07, 6.45) is -5.14. The minimum Gasteiger partial charge on any atom is -0.388 e. The predicted molar refractivity (Wildman–Crippen MR) is 38.8 cm³/mol. The minimum atomic E-state index is -1.26. The smallest absolute Gasteiger partial charge is 0.186 e. The molecule has 1 aliphatic rings. The zero-order chi connectivity index (χ0) is 9.30. The van der Waals surface area contributed by atoms with Gasteiger partial charge in [0.1, 0.15) is 18.3 Å². The van der Waals surface area contributed by atoms with Gasteiger partial charge in [-0.15, -0.1) is 0 Å². The Hall–Kier alpha value is -0.200. The van der Waals surface area contributed by atoms with Crippen molar-refractivity contribution < 1.29 is 24.8 Å². The highest BCUT2D eigenvalue weighted by Gasteiger charge is 2.41. The van der Waals surface area contributed by atoms with Crippen molar-refractivity contribution in [3.63, 3.8) is 0 Å². The molecule has 5 heteroatoms. The summed E-state index contributed by atoms with van der Waals surface area (Å²) >= 11 is 0. The van der Waals surface area contributed by atoms with Gasteiger partial charge < -0.3 is 24.8 Å². The van der Waals surface area contributed by atoms with Gasteiger partial charge in [-0.1, -0.05) is 0 Å². The lowest BCUT2D eigenvalue weighted by Crippen LogP contribution is -2.56. The lowest BCUT2D eigenvalue weighted by atomic mass is 10.0. The number of aliphatic hydroxyl groups is 3. The molecule has 0 amide bonds. The van der Waals surface area contributed by atoms with E-state index in [9.17, 15) is 15.3 Å². The Balaban J connectivity index is 2.63. The fourth-order valence-electron chi connectivity index (χ4n) is 1.15.